The first-order chi connectivity index (χ1) is 11.3. The predicted octanol–water partition coefficient (Wildman–Crippen LogP) is 2.74. The number of aryl methyl sites for hydroxylation is 2. The van der Waals surface area contributed by atoms with E-state index < -0.39 is 0 Å². The summed E-state index contributed by atoms with van der Waals surface area (Å²) in [6.45, 7) is 10.7. The second-order valence-electron chi connectivity index (χ2n) is 7.53. The first kappa shape index (κ1) is 16.7. The number of carbonyl (C=O) groups is 1. The Bertz CT molecular complexity index is 739. The van der Waals surface area contributed by atoms with Gasteiger partial charge >= 0.3 is 0 Å². The Morgan fingerprint density at radius 1 is 1.29 bits per heavy atom. The van der Waals surface area contributed by atoms with Gasteiger partial charge in [0.1, 0.15) is 5.82 Å². The number of nitrogens with one attached hydrogen (secondary N) is 1. The van der Waals surface area contributed by atoms with E-state index in [1.54, 1.807) is 0 Å². The minimum atomic E-state index is -0.147. The maximum absolute atomic E-state index is 13.2. The third-order valence-electron chi connectivity index (χ3n) is 4.49. The standard InChI is InChI=1S/C17H26N6O/c1-11-13(10-23(21-11)17(3,4)5)16(24)22-9-7-6-8-14(22)15-18-12(2)19-20-15/h10,14H,6-9H2,1-5H3,(H,18,19,20)/t14-/m0/s1. The third kappa shape index (κ3) is 3.07. The van der Waals surface area contributed by atoms with Gasteiger partial charge in [0.05, 0.1) is 22.8 Å². The van der Waals surface area contributed by atoms with E-state index in [0.29, 0.717) is 11.4 Å². The molecule has 0 aromatic carbocycles. The molecule has 0 spiro atoms. The van der Waals surface area contributed by atoms with Crippen molar-refractivity contribution in [2.45, 2.75) is 65.5 Å². The van der Waals surface area contributed by atoms with Crippen LogP contribution in [0.1, 0.15) is 73.8 Å². The second kappa shape index (κ2) is 6.03. The Hall–Kier alpha value is -2.18. The summed E-state index contributed by atoms with van der Waals surface area (Å²) in [7, 11) is 0. The smallest absolute Gasteiger partial charge is 0.257 e. The maximum atomic E-state index is 13.2. The third-order valence-corrected chi connectivity index (χ3v) is 4.49. The van der Waals surface area contributed by atoms with Crippen LogP contribution in [0.15, 0.2) is 6.20 Å². The monoisotopic (exact) mass is 330 g/mol. The van der Waals surface area contributed by atoms with Crippen LogP contribution in [-0.2, 0) is 5.54 Å². The molecule has 2 aromatic heterocycles. The van der Waals surface area contributed by atoms with Crippen LogP contribution < -0.4 is 0 Å². The van der Waals surface area contributed by atoms with E-state index >= 15 is 0 Å². The van der Waals surface area contributed by atoms with Crippen LogP contribution in [0.4, 0.5) is 0 Å². The van der Waals surface area contributed by atoms with E-state index in [-0.39, 0.29) is 17.5 Å². The maximum Gasteiger partial charge on any atom is 0.257 e. The highest BCUT2D eigenvalue weighted by Gasteiger charge is 2.33. The van der Waals surface area contributed by atoms with Gasteiger partial charge < -0.3 is 4.90 Å². The summed E-state index contributed by atoms with van der Waals surface area (Å²) >= 11 is 0. The summed E-state index contributed by atoms with van der Waals surface area (Å²) in [5.41, 5.74) is 1.29. The van der Waals surface area contributed by atoms with Crippen molar-refractivity contribution in [3.8, 4) is 0 Å². The number of hydrogen-bond donors (Lipinski definition) is 1. The van der Waals surface area contributed by atoms with Crippen LogP contribution in [0.5, 0.6) is 0 Å². The van der Waals surface area contributed by atoms with Crippen molar-refractivity contribution in [3.05, 3.63) is 29.1 Å². The number of rotatable bonds is 2. The number of piperidine rings is 1. The Labute approximate surface area is 142 Å². The number of H-pyrrole nitrogens is 1. The van der Waals surface area contributed by atoms with Gasteiger partial charge in [-0.2, -0.15) is 10.2 Å². The lowest BCUT2D eigenvalue weighted by Gasteiger charge is -2.34. The SMILES string of the molecule is Cc1nc([C@@H]2CCCCN2C(=O)c2cn(C(C)(C)C)nc2C)n[nH]1. The van der Waals surface area contributed by atoms with Gasteiger partial charge in [-0.15, -0.1) is 0 Å². The summed E-state index contributed by atoms with van der Waals surface area (Å²) in [5.74, 6) is 1.51. The van der Waals surface area contributed by atoms with Crippen molar-refractivity contribution in [2.75, 3.05) is 6.54 Å². The Morgan fingerprint density at radius 3 is 2.62 bits per heavy atom. The lowest BCUT2D eigenvalue weighted by Crippen LogP contribution is -2.39. The van der Waals surface area contributed by atoms with Gasteiger partial charge in [-0.05, 0) is 53.9 Å². The van der Waals surface area contributed by atoms with Crippen LogP contribution in [0.3, 0.4) is 0 Å². The zero-order chi connectivity index (χ0) is 17.5. The molecule has 1 N–H and O–H groups in total. The average molecular weight is 330 g/mol. The number of nitrogens with zero attached hydrogens (tertiary/aromatic N) is 5. The zero-order valence-electron chi connectivity index (χ0n) is 15.1. The fourth-order valence-corrected chi connectivity index (χ4v) is 3.12. The molecule has 1 amide bonds. The lowest BCUT2D eigenvalue weighted by molar-refractivity contribution is 0.0599. The number of aromatic amines is 1. The van der Waals surface area contributed by atoms with Crippen LogP contribution in [0, 0.1) is 13.8 Å². The van der Waals surface area contributed by atoms with Crippen molar-refractivity contribution >= 4 is 5.91 Å². The highest BCUT2D eigenvalue weighted by molar-refractivity contribution is 5.95. The van der Waals surface area contributed by atoms with Crippen LogP contribution >= 0.6 is 0 Å². The molecular weight excluding hydrogens is 304 g/mol. The number of carbonyl (C=O) groups excluding carboxylic acids is 1. The molecule has 7 heteroatoms. The van der Waals surface area contributed by atoms with Gasteiger partial charge in [0.25, 0.3) is 5.91 Å². The molecular formula is C17H26N6O. The topological polar surface area (TPSA) is 79.7 Å². The van der Waals surface area contributed by atoms with E-state index in [9.17, 15) is 4.79 Å². The highest BCUT2D eigenvalue weighted by Crippen LogP contribution is 2.31. The molecule has 0 aliphatic carbocycles. The molecule has 3 rings (SSSR count). The van der Waals surface area contributed by atoms with Crippen LogP contribution in [0.25, 0.3) is 0 Å². The molecule has 2 aromatic rings. The van der Waals surface area contributed by atoms with Gasteiger partial charge in [0, 0.05) is 12.7 Å². The molecule has 0 radical (unpaired) electrons. The molecule has 0 bridgehead atoms. The highest BCUT2D eigenvalue weighted by atomic mass is 16.2. The normalized spacial score (nSPS) is 18.9. The fourth-order valence-electron chi connectivity index (χ4n) is 3.12. The van der Waals surface area contributed by atoms with Crippen molar-refractivity contribution in [1.82, 2.24) is 29.9 Å². The van der Waals surface area contributed by atoms with Crippen molar-refractivity contribution in [3.63, 3.8) is 0 Å². The molecule has 1 fully saturated rings. The summed E-state index contributed by atoms with van der Waals surface area (Å²) in [6, 6.07) is -0.0615. The summed E-state index contributed by atoms with van der Waals surface area (Å²) < 4.78 is 1.87. The first-order valence-corrected chi connectivity index (χ1v) is 8.54. The number of amides is 1. The summed E-state index contributed by atoms with van der Waals surface area (Å²) in [4.78, 5) is 19.5. The first-order valence-electron chi connectivity index (χ1n) is 8.54. The Kier molecular flexibility index (Phi) is 4.19. The van der Waals surface area contributed by atoms with Gasteiger partial charge in [-0.3, -0.25) is 14.6 Å². The number of aromatic nitrogens is 5. The molecule has 1 saturated heterocycles. The van der Waals surface area contributed by atoms with Gasteiger partial charge in [0.15, 0.2) is 5.82 Å². The van der Waals surface area contributed by atoms with Crippen molar-refractivity contribution in [1.29, 1.82) is 0 Å². The second-order valence-corrected chi connectivity index (χ2v) is 7.53. The van der Waals surface area contributed by atoms with Gasteiger partial charge in [0.2, 0.25) is 0 Å². The van der Waals surface area contributed by atoms with Gasteiger partial charge in [-0.1, -0.05) is 0 Å². The molecule has 130 valence electrons. The van der Waals surface area contributed by atoms with E-state index in [4.69, 9.17) is 0 Å². The summed E-state index contributed by atoms with van der Waals surface area (Å²) in [5, 5.41) is 11.7. The molecule has 1 aliphatic rings. The minimum absolute atomic E-state index is 0.0233. The van der Waals surface area contributed by atoms with E-state index in [1.807, 2.05) is 29.6 Å². The molecule has 1 atom stereocenters. The minimum Gasteiger partial charge on any atom is -0.328 e. The van der Waals surface area contributed by atoms with Crippen LogP contribution in [0.2, 0.25) is 0 Å². The largest absolute Gasteiger partial charge is 0.328 e. The quantitative estimate of drug-likeness (QED) is 0.918. The average Bonchev–Trinajstić information content (AvgIpc) is 3.12. The Balaban J connectivity index is 1.91. The molecule has 24 heavy (non-hydrogen) atoms. The molecule has 7 nitrogen and oxygen atoms in total. The number of likely N-dealkylation sites (tertiary alicyclic amines) is 1. The predicted molar refractivity (Wildman–Crippen MR) is 90.7 cm³/mol. The summed E-state index contributed by atoms with van der Waals surface area (Å²) in [6.07, 6.45) is 4.86. The lowest BCUT2D eigenvalue weighted by atomic mass is 10.0. The molecule has 0 saturated carbocycles. The van der Waals surface area contributed by atoms with Crippen molar-refractivity contribution < 1.29 is 4.79 Å². The zero-order valence-corrected chi connectivity index (χ0v) is 15.1. The molecule has 0 unspecified atom stereocenters. The van der Waals surface area contributed by atoms with Crippen LogP contribution in [-0.4, -0.2) is 42.3 Å². The fraction of sp³-hybridized carbons (Fsp3) is 0.647. The van der Waals surface area contributed by atoms with E-state index in [1.165, 1.54) is 0 Å². The van der Waals surface area contributed by atoms with Crippen molar-refractivity contribution in [2.24, 2.45) is 0 Å². The number of hydrogen-bond acceptors (Lipinski definition) is 4. The molecule has 1 aliphatic heterocycles. The van der Waals surface area contributed by atoms with E-state index in [2.05, 4.69) is 41.1 Å². The molecule has 3 heterocycles. The Morgan fingerprint density at radius 2 is 2.04 bits per heavy atom. The van der Waals surface area contributed by atoms with Gasteiger partial charge in [-0.25, -0.2) is 4.98 Å². The van der Waals surface area contributed by atoms with E-state index in [0.717, 1.165) is 37.3 Å².